The van der Waals surface area contributed by atoms with Crippen molar-refractivity contribution in [3.63, 3.8) is 0 Å². The van der Waals surface area contributed by atoms with Gasteiger partial charge in [-0.3, -0.25) is 14.6 Å². The second-order valence-electron chi connectivity index (χ2n) is 8.96. The number of aromatic nitrogens is 1. The number of nitrogens with zero attached hydrogens (tertiary/aromatic N) is 4. The zero-order chi connectivity index (χ0) is 24.0. The van der Waals surface area contributed by atoms with Crippen LogP contribution in [0.15, 0.2) is 59.2 Å². The lowest BCUT2D eigenvalue weighted by Crippen LogP contribution is -2.45. The van der Waals surface area contributed by atoms with Crippen LogP contribution in [0, 0.1) is 0 Å². The van der Waals surface area contributed by atoms with Crippen LogP contribution in [0.25, 0.3) is 0 Å². The molecule has 0 saturated carbocycles. The SMILES string of the molecule is CCN(Cc1ccccc1)C(=O)c1coc(CN2CCN(Cc3ccc4c(c3)OCCO4)CC2)n1. The summed E-state index contributed by atoms with van der Waals surface area (Å²) in [6, 6.07) is 16.2. The topological polar surface area (TPSA) is 71.3 Å². The molecule has 2 aromatic carbocycles. The predicted octanol–water partition coefficient (Wildman–Crippen LogP) is 3.43. The summed E-state index contributed by atoms with van der Waals surface area (Å²) in [5.74, 6) is 2.16. The molecule has 0 radical (unpaired) electrons. The minimum atomic E-state index is -0.101. The Morgan fingerprint density at radius 3 is 2.37 bits per heavy atom. The van der Waals surface area contributed by atoms with Crippen molar-refractivity contribution in [3.05, 3.63) is 77.5 Å². The van der Waals surface area contributed by atoms with Crippen molar-refractivity contribution in [3.8, 4) is 11.5 Å². The molecule has 5 rings (SSSR count). The lowest BCUT2D eigenvalue weighted by atomic mass is 10.1. The van der Waals surface area contributed by atoms with Crippen LogP contribution in [0.4, 0.5) is 0 Å². The van der Waals surface area contributed by atoms with E-state index in [1.807, 2.05) is 43.3 Å². The first-order chi connectivity index (χ1) is 17.2. The maximum Gasteiger partial charge on any atom is 0.276 e. The molecule has 0 bridgehead atoms. The summed E-state index contributed by atoms with van der Waals surface area (Å²) in [5, 5.41) is 0. The van der Waals surface area contributed by atoms with Crippen molar-refractivity contribution in [2.75, 3.05) is 45.9 Å². The number of fused-ring (bicyclic) bond motifs is 1. The summed E-state index contributed by atoms with van der Waals surface area (Å²) in [5.41, 5.74) is 2.70. The number of hydrogen-bond acceptors (Lipinski definition) is 7. The summed E-state index contributed by atoms with van der Waals surface area (Å²) < 4.78 is 17.0. The highest BCUT2D eigenvalue weighted by Gasteiger charge is 2.22. The lowest BCUT2D eigenvalue weighted by molar-refractivity contribution is 0.0746. The number of carbonyl (C=O) groups is 1. The van der Waals surface area contributed by atoms with Crippen LogP contribution >= 0.6 is 0 Å². The molecule has 8 nitrogen and oxygen atoms in total. The molecule has 1 fully saturated rings. The Hall–Kier alpha value is -3.36. The molecule has 0 aliphatic carbocycles. The molecule has 1 aromatic heterocycles. The normalized spacial score (nSPS) is 16.3. The third kappa shape index (κ3) is 5.83. The van der Waals surface area contributed by atoms with Gasteiger partial charge in [0, 0.05) is 45.8 Å². The molecule has 0 atom stereocenters. The summed E-state index contributed by atoms with van der Waals surface area (Å²) in [6.07, 6.45) is 1.49. The zero-order valence-corrected chi connectivity index (χ0v) is 20.2. The monoisotopic (exact) mass is 476 g/mol. The van der Waals surface area contributed by atoms with E-state index in [9.17, 15) is 4.79 Å². The number of hydrogen-bond donors (Lipinski definition) is 0. The van der Waals surface area contributed by atoms with Gasteiger partial charge in [0.15, 0.2) is 17.2 Å². The molecule has 2 aliphatic rings. The standard InChI is InChI=1S/C27H32N4O4/c1-2-31(18-21-6-4-3-5-7-21)27(32)23-20-35-26(28-23)19-30-12-10-29(11-13-30)17-22-8-9-24-25(16-22)34-15-14-33-24/h3-9,16,20H,2,10-15,17-19H2,1H3. The number of oxazole rings is 1. The maximum absolute atomic E-state index is 13.0. The van der Waals surface area contributed by atoms with E-state index in [1.54, 1.807) is 4.90 Å². The first-order valence-electron chi connectivity index (χ1n) is 12.3. The van der Waals surface area contributed by atoms with E-state index in [-0.39, 0.29) is 5.91 Å². The van der Waals surface area contributed by atoms with Gasteiger partial charge in [-0.15, -0.1) is 0 Å². The third-order valence-electron chi connectivity index (χ3n) is 6.49. The van der Waals surface area contributed by atoms with Crippen molar-refractivity contribution in [2.45, 2.75) is 26.6 Å². The fourth-order valence-electron chi connectivity index (χ4n) is 4.52. The second-order valence-corrected chi connectivity index (χ2v) is 8.96. The molecule has 35 heavy (non-hydrogen) atoms. The Kier molecular flexibility index (Phi) is 7.30. The van der Waals surface area contributed by atoms with Crippen molar-refractivity contribution in [2.24, 2.45) is 0 Å². The van der Waals surface area contributed by atoms with Gasteiger partial charge in [0.05, 0.1) is 6.54 Å². The van der Waals surface area contributed by atoms with Gasteiger partial charge in [0.1, 0.15) is 19.5 Å². The smallest absolute Gasteiger partial charge is 0.276 e. The van der Waals surface area contributed by atoms with Crippen molar-refractivity contribution >= 4 is 5.91 Å². The summed E-state index contributed by atoms with van der Waals surface area (Å²) >= 11 is 0. The molecule has 1 saturated heterocycles. The molecule has 0 spiro atoms. The van der Waals surface area contributed by atoms with Gasteiger partial charge in [-0.05, 0) is 30.2 Å². The summed E-state index contributed by atoms with van der Waals surface area (Å²) in [7, 11) is 0. The number of piperazine rings is 1. The lowest BCUT2D eigenvalue weighted by Gasteiger charge is -2.34. The average molecular weight is 477 g/mol. The number of amides is 1. The summed E-state index contributed by atoms with van der Waals surface area (Å²) in [6.45, 7) is 9.62. The van der Waals surface area contributed by atoms with Crippen LogP contribution in [0.5, 0.6) is 11.5 Å². The van der Waals surface area contributed by atoms with Crippen molar-refractivity contribution < 1.29 is 18.7 Å². The minimum Gasteiger partial charge on any atom is -0.486 e. The molecule has 3 aromatic rings. The molecule has 0 unspecified atom stereocenters. The molecule has 2 aliphatic heterocycles. The summed E-state index contributed by atoms with van der Waals surface area (Å²) in [4.78, 5) is 24.0. The highest BCUT2D eigenvalue weighted by Crippen LogP contribution is 2.31. The average Bonchev–Trinajstić information content (AvgIpc) is 3.37. The van der Waals surface area contributed by atoms with Gasteiger partial charge < -0.3 is 18.8 Å². The quantitative estimate of drug-likeness (QED) is 0.493. The third-order valence-corrected chi connectivity index (χ3v) is 6.49. The van der Waals surface area contributed by atoms with E-state index >= 15 is 0 Å². The van der Waals surface area contributed by atoms with E-state index in [1.165, 1.54) is 11.8 Å². The fraction of sp³-hybridized carbons (Fsp3) is 0.407. The number of benzene rings is 2. The van der Waals surface area contributed by atoms with E-state index in [0.29, 0.717) is 44.4 Å². The molecular weight excluding hydrogens is 444 g/mol. The Morgan fingerprint density at radius 2 is 1.63 bits per heavy atom. The molecule has 8 heteroatoms. The number of rotatable bonds is 8. The highest BCUT2D eigenvalue weighted by atomic mass is 16.6. The number of ether oxygens (including phenoxy) is 2. The number of carbonyl (C=O) groups excluding carboxylic acids is 1. The van der Waals surface area contributed by atoms with Gasteiger partial charge in [-0.2, -0.15) is 0 Å². The molecular formula is C27H32N4O4. The van der Waals surface area contributed by atoms with Crippen LogP contribution in [-0.4, -0.2) is 71.5 Å². The fourth-order valence-corrected chi connectivity index (χ4v) is 4.52. The van der Waals surface area contributed by atoms with Gasteiger partial charge in [-0.1, -0.05) is 36.4 Å². The molecule has 3 heterocycles. The van der Waals surface area contributed by atoms with E-state index in [0.717, 1.165) is 49.8 Å². The molecule has 184 valence electrons. The van der Waals surface area contributed by atoms with E-state index in [2.05, 4.69) is 26.9 Å². The van der Waals surface area contributed by atoms with Crippen LogP contribution in [-0.2, 0) is 19.6 Å². The van der Waals surface area contributed by atoms with E-state index in [4.69, 9.17) is 13.9 Å². The van der Waals surface area contributed by atoms with Gasteiger partial charge in [-0.25, -0.2) is 4.98 Å². The molecule has 1 amide bonds. The Labute approximate surface area is 206 Å². The van der Waals surface area contributed by atoms with Gasteiger partial charge in [0.25, 0.3) is 5.91 Å². The van der Waals surface area contributed by atoms with Gasteiger partial charge in [0.2, 0.25) is 5.89 Å². The second kappa shape index (κ2) is 10.9. The van der Waals surface area contributed by atoms with Crippen molar-refractivity contribution in [1.29, 1.82) is 0 Å². The highest BCUT2D eigenvalue weighted by molar-refractivity contribution is 5.91. The Balaban J connectivity index is 1.11. The molecule has 0 N–H and O–H groups in total. The first-order valence-corrected chi connectivity index (χ1v) is 12.3. The van der Waals surface area contributed by atoms with Crippen LogP contribution in [0.2, 0.25) is 0 Å². The Bertz CT molecular complexity index is 1130. The van der Waals surface area contributed by atoms with Crippen LogP contribution in [0.3, 0.4) is 0 Å². The largest absolute Gasteiger partial charge is 0.486 e. The minimum absolute atomic E-state index is 0.101. The Morgan fingerprint density at radius 1 is 0.914 bits per heavy atom. The van der Waals surface area contributed by atoms with Crippen LogP contribution in [0.1, 0.15) is 34.4 Å². The van der Waals surface area contributed by atoms with Crippen molar-refractivity contribution in [1.82, 2.24) is 19.7 Å². The van der Waals surface area contributed by atoms with Crippen LogP contribution < -0.4 is 9.47 Å². The zero-order valence-electron chi connectivity index (χ0n) is 20.2. The predicted molar refractivity (Wildman–Crippen MR) is 131 cm³/mol. The van der Waals surface area contributed by atoms with Gasteiger partial charge >= 0.3 is 0 Å². The van der Waals surface area contributed by atoms with E-state index < -0.39 is 0 Å². The first kappa shape index (κ1) is 23.4. The maximum atomic E-state index is 13.0.